The largest absolute Gasteiger partial charge is 0.329 e. The molecule has 0 atom stereocenters. The summed E-state index contributed by atoms with van der Waals surface area (Å²) in [4.78, 5) is 16.0. The summed E-state index contributed by atoms with van der Waals surface area (Å²) in [5.74, 6) is -0.312. The molecule has 0 spiro atoms. The number of rotatable bonds is 3. The smallest absolute Gasteiger partial charge is 0.321 e. The van der Waals surface area contributed by atoms with Crippen LogP contribution >= 0.6 is 0 Å². The summed E-state index contributed by atoms with van der Waals surface area (Å²) in [6, 6.07) is 5.62. The first-order chi connectivity index (χ1) is 9.19. The van der Waals surface area contributed by atoms with Crippen molar-refractivity contribution in [1.82, 2.24) is 9.80 Å². The van der Waals surface area contributed by atoms with E-state index in [2.05, 4.69) is 10.2 Å². The van der Waals surface area contributed by atoms with Crippen molar-refractivity contribution in [2.24, 2.45) is 5.73 Å². The van der Waals surface area contributed by atoms with E-state index in [0.717, 1.165) is 19.6 Å². The standard InChI is InChI=1S/C13H19FN4O/c14-11-1-3-12(4-2-11)16-13(19)18-9-7-17(6-5-15)8-10-18/h1-4H,5-10,15H2,(H,16,19). The Morgan fingerprint density at radius 1 is 1.21 bits per heavy atom. The van der Waals surface area contributed by atoms with Crippen molar-refractivity contribution >= 4 is 11.7 Å². The van der Waals surface area contributed by atoms with E-state index in [4.69, 9.17) is 5.73 Å². The van der Waals surface area contributed by atoms with E-state index in [1.54, 1.807) is 17.0 Å². The number of urea groups is 1. The average molecular weight is 266 g/mol. The van der Waals surface area contributed by atoms with Crippen LogP contribution in [0.3, 0.4) is 0 Å². The summed E-state index contributed by atoms with van der Waals surface area (Å²) < 4.78 is 12.8. The maximum Gasteiger partial charge on any atom is 0.321 e. The molecule has 1 fully saturated rings. The van der Waals surface area contributed by atoms with Crippen molar-refractivity contribution in [3.63, 3.8) is 0 Å². The molecule has 2 rings (SSSR count). The van der Waals surface area contributed by atoms with Gasteiger partial charge in [-0.2, -0.15) is 0 Å². The Hall–Kier alpha value is -1.66. The number of piperazine rings is 1. The fraction of sp³-hybridized carbons (Fsp3) is 0.462. The topological polar surface area (TPSA) is 61.6 Å². The van der Waals surface area contributed by atoms with Crippen LogP contribution in [0.1, 0.15) is 0 Å². The van der Waals surface area contributed by atoms with Gasteiger partial charge in [0.1, 0.15) is 5.82 Å². The lowest BCUT2D eigenvalue weighted by molar-refractivity contribution is 0.149. The number of carbonyl (C=O) groups is 1. The van der Waals surface area contributed by atoms with E-state index in [9.17, 15) is 9.18 Å². The second kappa shape index (κ2) is 6.49. The molecule has 0 aliphatic carbocycles. The number of carbonyl (C=O) groups excluding carboxylic acids is 1. The van der Waals surface area contributed by atoms with Crippen molar-refractivity contribution in [3.8, 4) is 0 Å². The number of hydrogen-bond donors (Lipinski definition) is 2. The van der Waals surface area contributed by atoms with Crippen LogP contribution in [0.2, 0.25) is 0 Å². The second-order valence-electron chi connectivity index (χ2n) is 4.55. The van der Waals surface area contributed by atoms with Crippen molar-refractivity contribution in [3.05, 3.63) is 30.1 Å². The Kier molecular flexibility index (Phi) is 4.70. The molecule has 1 heterocycles. The summed E-state index contributed by atoms with van der Waals surface area (Å²) in [5, 5.41) is 2.76. The minimum atomic E-state index is -0.312. The number of anilines is 1. The molecule has 1 aromatic rings. The first kappa shape index (κ1) is 13.8. The third kappa shape index (κ3) is 3.90. The van der Waals surface area contributed by atoms with Crippen LogP contribution in [0.15, 0.2) is 24.3 Å². The van der Waals surface area contributed by atoms with Crippen LogP contribution < -0.4 is 11.1 Å². The third-order valence-corrected chi connectivity index (χ3v) is 3.20. The van der Waals surface area contributed by atoms with E-state index in [1.165, 1.54) is 12.1 Å². The molecule has 3 N–H and O–H groups in total. The van der Waals surface area contributed by atoms with Gasteiger partial charge >= 0.3 is 6.03 Å². The van der Waals surface area contributed by atoms with Gasteiger partial charge in [0.15, 0.2) is 0 Å². The number of benzene rings is 1. The summed E-state index contributed by atoms with van der Waals surface area (Å²) in [5.41, 5.74) is 6.11. The summed E-state index contributed by atoms with van der Waals surface area (Å²) in [7, 11) is 0. The van der Waals surface area contributed by atoms with Crippen LogP contribution in [-0.2, 0) is 0 Å². The van der Waals surface area contributed by atoms with Gasteiger partial charge in [0.25, 0.3) is 0 Å². The highest BCUT2D eigenvalue weighted by Crippen LogP contribution is 2.10. The summed E-state index contributed by atoms with van der Waals surface area (Å²) >= 11 is 0. The maximum absolute atomic E-state index is 12.8. The van der Waals surface area contributed by atoms with Crippen molar-refractivity contribution in [2.45, 2.75) is 0 Å². The average Bonchev–Trinajstić information content (AvgIpc) is 2.42. The molecular weight excluding hydrogens is 247 g/mol. The minimum Gasteiger partial charge on any atom is -0.329 e. The monoisotopic (exact) mass is 266 g/mol. The van der Waals surface area contributed by atoms with Crippen LogP contribution in [0, 0.1) is 5.82 Å². The van der Waals surface area contributed by atoms with Crippen molar-refractivity contribution in [1.29, 1.82) is 0 Å². The second-order valence-corrected chi connectivity index (χ2v) is 4.55. The molecule has 0 bridgehead atoms. The summed E-state index contributed by atoms with van der Waals surface area (Å²) in [6.45, 7) is 4.57. The molecule has 1 aromatic carbocycles. The Morgan fingerprint density at radius 2 is 1.84 bits per heavy atom. The number of amides is 2. The van der Waals surface area contributed by atoms with Gasteiger partial charge in [-0.1, -0.05) is 0 Å². The number of nitrogens with two attached hydrogens (primary N) is 1. The lowest BCUT2D eigenvalue weighted by Gasteiger charge is -2.34. The van der Waals surface area contributed by atoms with Gasteiger partial charge in [-0.25, -0.2) is 9.18 Å². The van der Waals surface area contributed by atoms with Gasteiger partial charge < -0.3 is 16.0 Å². The lowest BCUT2D eigenvalue weighted by Crippen LogP contribution is -2.50. The van der Waals surface area contributed by atoms with Crippen LogP contribution in [0.25, 0.3) is 0 Å². The van der Waals surface area contributed by atoms with E-state index in [-0.39, 0.29) is 11.8 Å². The van der Waals surface area contributed by atoms with Crippen LogP contribution in [-0.4, -0.2) is 55.1 Å². The van der Waals surface area contributed by atoms with Crippen LogP contribution in [0.5, 0.6) is 0 Å². The van der Waals surface area contributed by atoms with E-state index in [0.29, 0.717) is 25.3 Å². The molecule has 6 heteroatoms. The molecule has 1 aliphatic rings. The normalized spacial score (nSPS) is 16.4. The zero-order valence-corrected chi connectivity index (χ0v) is 10.8. The van der Waals surface area contributed by atoms with Gasteiger partial charge in [-0.05, 0) is 24.3 Å². The quantitative estimate of drug-likeness (QED) is 0.855. The molecule has 0 unspecified atom stereocenters. The molecule has 19 heavy (non-hydrogen) atoms. The first-order valence-corrected chi connectivity index (χ1v) is 6.43. The molecule has 1 saturated heterocycles. The number of halogens is 1. The zero-order chi connectivity index (χ0) is 13.7. The summed E-state index contributed by atoms with van der Waals surface area (Å²) in [6.07, 6.45) is 0. The Labute approximate surface area is 112 Å². The van der Waals surface area contributed by atoms with E-state index < -0.39 is 0 Å². The highest BCUT2D eigenvalue weighted by molar-refractivity contribution is 5.89. The van der Waals surface area contributed by atoms with Crippen LogP contribution in [0.4, 0.5) is 14.9 Å². The molecular formula is C13H19FN4O. The Balaban J connectivity index is 1.83. The molecule has 5 nitrogen and oxygen atoms in total. The zero-order valence-electron chi connectivity index (χ0n) is 10.8. The minimum absolute atomic E-state index is 0.140. The number of nitrogens with one attached hydrogen (secondary N) is 1. The Morgan fingerprint density at radius 3 is 2.42 bits per heavy atom. The van der Waals surface area contributed by atoms with Gasteiger partial charge in [0.2, 0.25) is 0 Å². The lowest BCUT2D eigenvalue weighted by atomic mass is 10.3. The van der Waals surface area contributed by atoms with Crippen molar-refractivity contribution < 1.29 is 9.18 Å². The van der Waals surface area contributed by atoms with Crippen molar-refractivity contribution in [2.75, 3.05) is 44.6 Å². The van der Waals surface area contributed by atoms with Gasteiger partial charge in [0, 0.05) is 45.0 Å². The van der Waals surface area contributed by atoms with Gasteiger partial charge in [-0.3, -0.25) is 4.90 Å². The Bertz CT molecular complexity index is 415. The molecule has 104 valence electrons. The molecule has 0 saturated carbocycles. The predicted octanol–water partition coefficient (Wildman–Crippen LogP) is 0.934. The third-order valence-electron chi connectivity index (χ3n) is 3.20. The molecule has 1 aliphatic heterocycles. The molecule has 2 amide bonds. The maximum atomic E-state index is 12.8. The number of hydrogen-bond acceptors (Lipinski definition) is 3. The molecule has 0 aromatic heterocycles. The fourth-order valence-electron chi connectivity index (χ4n) is 2.09. The SMILES string of the molecule is NCCN1CCN(C(=O)Nc2ccc(F)cc2)CC1. The predicted molar refractivity (Wildman–Crippen MR) is 72.5 cm³/mol. The highest BCUT2D eigenvalue weighted by Gasteiger charge is 2.20. The van der Waals surface area contributed by atoms with E-state index >= 15 is 0 Å². The van der Waals surface area contributed by atoms with E-state index in [1.807, 2.05) is 0 Å². The number of nitrogens with zero attached hydrogens (tertiary/aromatic N) is 2. The van der Waals surface area contributed by atoms with Gasteiger partial charge in [0.05, 0.1) is 0 Å². The fourth-order valence-corrected chi connectivity index (χ4v) is 2.09. The first-order valence-electron chi connectivity index (χ1n) is 6.43. The molecule has 0 radical (unpaired) electrons. The van der Waals surface area contributed by atoms with Gasteiger partial charge in [-0.15, -0.1) is 0 Å². The highest BCUT2D eigenvalue weighted by atomic mass is 19.1.